The Hall–Kier alpha value is -3.14. The number of carbonyl (C=O) groups excluding carboxylic acids is 1. The zero-order valence-electron chi connectivity index (χ0n) is 18.8. The molecule has 0 amide bonds. The van der Waals surface area contributed by atoms with Gasteiger partial charge < -0.3 is 24.6 Å². The molecule has 4 N–H and O–H groups in total. The molecule has 174 valence electrons. The van der Waals surface area contributed by atoms with Crippen molar-refractivity contribution in [1.82, 2.24) is 21.2 Å². The van der Waals surface area contributed by atoms with E-state index in [-0.39, 0.29) is 29.7 Å². The lowest BCUT2D eigenvalue weighted by molar-refractivity contribution is -0.117. The highest BCUT2D eigenvalue weighted by Crippen LogP contribution is 2.48. The first-order valence-corrected chi connectivity index (χ1v) is 11.0. The third kappa shape index (κ3) is 3.62. The molecule has 1 aromatic heterocycles. The average molecular weight is 453 g/mol. The van der Waals surface area contributed by atoms with Gasteiger partial charge in [-0.25, -0.2) is 10.9 Å². The summed E-state index contributed by atoms with van der Waals surface area (Å²) in [4.78, 5) is 17.7. The molecule has 1 aliphatic carbocycles. The molecule has 2 aliphatic heterocycles. The largest absolute Gasteiger partial charge is 0.493 e. The van der Waals surface area contributed by atoms with Crippen LogP contribution in [0.15, 0.2) is 47.9 Å². The first-order valence-electron chi connectivity index (χ1n) is 11.0. The normalized spacial score (nSPS) is 28.6. The summed E-state index contributed by atoms with van der Waals surface area (Å²) in [6, 6.07) is 7.66. The molecule has 1 saturated heterocycles. The number of aliphatic hydroxyl groups is 1. The van der Waals surface area contributed by atoms with Crippen molar-refractivity contribution in [2.45, 2.75) is 37.1 Å². The predicted molar refractivity (Wildman–Crippen MR) is 120 cm³/mol. The number of methoxy groups -OCH3 is 3. The Balaban J connectivity index is 1.55. The number of carbonyl (C=O) groups is 1. The monoisotopic (exact) mass is 452 g/mol. The minimum Gasteiger partial charge on any atom is -0.493 e. The number of allylic oxidation sites excluding steroid dienone is 2. The molecular weight excluding hydrogens is 424 g/mol. The molecule has 3 unspecified atom stereocenters. The lowest BCUT2D eigenvalue weighted by Crippen LogP contribution is -2.51. The number of nitrogens with zero attached hydrogens (tertiary/aromatic N) is 1. The summed E-state index contributed by atoms with van der Waals surface area (Å²) < 4.78 is 16.5. The number of aromatic nitrogens is 1. The van der Waals surface area contributed by atoms with Crippen LogP contribution < -0.4 is 30.4 Å². The Kier molecular flexibility index (Phi) is 5.69. The van der Waals surface area contributed by atoms with Crippen molar-refractivity contribution in [3.05, 3.63) is 59.1 Å². The first-order chi connectivity index (χ1) is 16.0. The van der Waals surface area contributed by atoms with E-state index in [9.17, 15) is 9.90 Å². The van der Waals surface area contributed by atoms with Crippen LogP contribution in [-0.4, -0.2) is 49.6 Å². The van der Waals surface area contributed by atoms with Gasteiger partial charge >= 0.3 is 0 Å². The summed E-state index contributed by atoms with van der Waals surface area (Å²) in [5, 5.41) is 14.1. The van der Waals surface area contributed by atoms with Gasteiger partial charge in [-0.3, -0.25) is 9.78 Å². The third-order valence-electron chi connectivity index (χ3n) is 6.89. The molecule has 5 atom stereocenters. The van der Waals surface area contributed by atoms with E-state index in [2.05, 4.69) is 21.2 Å². The van der Waals surface area contributed by atoms with Gasteiger partial charge in [-0.1, -0.05) is 0 Å². The molecule has 9 nitrogen and oxygen atoms in total. The van der Waals surface area contributed by atoms with Gasteiger partial charge in [0.1, 0.15) is 6.23 Å². The number of fused-ring (bicyclic) bond motifs is 1. The van der Waals surface area contributed by atoms with Crippen LogP contribution in [0.3, 0.4) is 0 Å². The van der Waals surface area contributed by atoms with Crippen molar-refractivity contribution in [3.63, 3.8) is 0 Å². The molecule has 2 aromatic rings. The van der Waals surface area contributed by atoms with Gasteiger partial charge in [-0.15, -0.1) is 0 Å². The van der Waals surface area contributed by atoms with Gasteiger partial charge in [0.05, 0.1) is 27.5 Å². The fourth-order valence-electron chi connectivity index (χ4n) is 5.40. The minimum atomic E-state index is -0.782. The Labute approximate surface area is 192 Å². The maximum absolute atomic E-state index is 13.6. The molecule has 9 heteroatoms. The number of Topliss-reactive ketones (excluding diaryl/α,β-unsaturated/α-hetero) is 1. The number of hydrogen-bond acceptors (Lipinski definition) is 9. The molecule has 0 radical (unpaired) electrons. The molecule has 5 rings (SSSR count). The second kappa shape index (κ2) is 8.66. The van der Waals surface area contributed by atoms with Crippen LogP contribution in [-0.2, 0) is 4.79 Å². The summed E-state index contributed by atoms with van der Waals surface area (Å²) in [6.07, 6.45) is 3.47. The average Bonchev–Trinajstić information content (AvgIpc) is 3.22. The molecule has 1 aromatic carbocycles. The number of benzene rings is 1. The highest BCUT2D eigenvalue weighted by molar-refractivity contribution is 5.99. The van der Waals surface area contributed by atoms with Gasteiger partial charge in [0.2, 0.25) is 5.75 Å². The zero-order chi connectivity index (χ0) is 23.1. The molecule has 1 fully saturated rings. The Morgan fingerprint density at radius 3 is 2.30 bits per heavy atom. The SMILES string of the molecule is COc1cc([C@H]2CC(=O)C3=C(C2)NC2NNC(O)C2[C@@H]3c2ccncc2)cc(OC)c1OC. The smallest absolute Gasteiger partial charge is 0.203 e. The van der Waals surface area contributed by atoms with Crippen molar-refractivity contribution in [1.29, 1.82) is 0 Å². The summed E-state index contributed by atoms with van der Waals surface area (Å²) in [7, 11) is 4.74. The van der Waals surface area contributed by atoms with Crippen LogP contribution in [0.5, 0.6) is 17.2 Å². The van der Waals surface area contributed by atoms with E-state index < -0.39 is 6.23 Å². The Bertz CT molecular complexity index is 1060. The number of nitrogens with one attached hydrogen (secondary N) is 3. The van der Waals surface area contributed by atoms with Crippen molar-refractivity contribution < 1.29 is 24.1 Å². The van der Waals surface area contributed by atoms with E-state index in [4.69, 9.17) is 14.2 Å². The van der Waals surface area contributed by atoms with Crippen molar-refractivity contribution in [2.24, 2.45) is 5.92 Å². The summed E-state index contributed by atoms with van der Waals surface area (Å²) in [5.41, 5.74) is 9.61. The highest BCUT2D eigenvalue weighted by Gasteiger charge is 2.49. The van der Waals surface area contributed by atoms with E-state index >= 15 is 0 Å². The van der Waals surface area contributed by atoms with Crippen LogP contribution in [0, 0.1) is 5.92 Å². The summed E-state index contributed by atoms with van der Waals surface area (Å²) >= 11 is 0. The van der Waals surface area contributed by atoms with Crippen molar-refractivity contribution in [3.8, 4) is 17.2 Å². The second-order valence-corrected chi connectivity index (χ2v) is 8.57. The van der Waals surface area contributed by atoms with E-state index in [1.165, 1.54) is 0 Å². The number of pyridine rings is 1. The van der Waals surface area contributed by atoms with Crippen LogP contribution >= 0.6 is 0 Å². The Morgan fingerprint density at radius 2 is 1.67 bits per heavy atom. The van der Waals surface area contributed by atoms with Crippen molar-refractivity contribution >= 4 is 5.78 Å². The molecule has 0 bridgehead atoms. The minimum absolute atomic E-state index is 0.0496. The molecular formula is C24H28N4O5. The van der Waals surface area contributed by atoms with E-state index in [0.29, 0.717) is 30.1 Å². The number of ketones is 1. The van der Waals surface area contributed by atoms with Gasteiger partial charge in [0, 0.05) is 41.9 Å². The van der Waals surface area contributed by atoms with Gasteiger partial charge in [0.25, 0.3) is 0 Å². The highest BCUT2D eigenvalue weighted by atomic mass is 16.5. The Morgan fingerprint density at radius 1 is 0.970 bits per heavy atom. The second-order valence-electron chi connectivity index (χ2n) is 8.57. The lowest BCUT2D eigenvalue weighted by Gasteiger charge is -2.42. The maximum Gasteiger partial charge on any atom is 0.203 e. The van der Waals surface area contributed by atoms with Crippen LogP contribution in [0.2, 0.25) is 0 Å². The van der Waals surface area contributed by atoms with Gasteiger partial charge in [-0.2, -0.15) is 0 Å². The number of rotatable bonds is 5. The quantitative estimate of drug-likeness (QED) is 0.537. The number of hydrazine groups is 1. The van der Waals surface area contributed by atoms with Crippen LogP contribution in [0.4, 0.5) is 0 Å². The lowest BCUT2D eigenvalue weighted by atomic mass is 9.69. The maximum atomic E-state index is 13.6. The zero-order valence-corrected chi connectivity index (χ0v) is 18.8. The van der Waals surface area contributed by atoms with Crippen molar-refractivity contribution in [2.75, 3.05) is 21.3 Å². The van der Waals surface area contributed by atoms with E-state index in [1.54, 1.807) is 33.7 Å². The van der Waals surface area contributed by atoms with Crippen LogP contribution in [0.25, 0.3) is 0 Å². The summed E-state index contributed by atoms with van der Waals surface area (Å²) in [5.74, 6) is 1.21. The standard InChI is InChI=1S/C24H28N4O5/c1-31-17-10-14(11-18(32-2)22(17)33-3)13-8-15-20(16(29)9-13)19(12-4-6-25-7-5-12)21-23(26-15)27-28-24(21)30/h4-7,10-11,13,19,21,23-24,26-28,30H,8-9H2,1-3H3/t13-,19-,21?,23?,24?/m1/s1. The number of ether oxygens (including phenoxy) is 3. The van der Waals surface area contributed by atoms with Crippen LogP contribution in [0.1, 0.15) is 35.8 Å². The fourth-order valence-corrected chi connectivity index (χ4v) is 5.40. The molecule has 3 heterocycles. The number of aliphatic hydroxyl groups excluding tert-OH is 1. The third-order valence-corrected chi connectivity index (χ3v) is 6.89. The molecule has 0 saturated carbocycles. The fraction of sp³-hybridized carbons (Fsp3) is 0.417. The van der Waals surface area contributed by atoms with Gasteiger partial charge in [0.15, 0.2) is 17.3 Å². The van der Waals surface area contributed by atoms with E-state index in [1.807, 2.05) is 24.3 Å². The summed E-state index contributed by atoms with van der Waals surface area (Å²) in [6.45, 7) is 0. The predicted octanol–water partition coefficient (Wildman–Crippen LogP) is 1.56. The van der Waals surface area contributed by atoms with Gasteiger partial charge in [-0.05, 0) is 47.7 Å². The van der Waals surface area contributed by atoms with E-state index in [0.717, 1.165) is 22.4 Å². The first kappa shape index (κ1) is 21.7. The molecule has 3 aliphatic rings. The molecule has 0 spiro atoms. The number of hydrogen-bond donors (Lipinski definition) is 4. The topological polar surface area (TPSA) is 114 Å². The molecule has 33 heavy (non-hydrogen) atoms.